The SMILES string of the molecule is CC(=O)NCCNc1ccc(C(F)(F)F)cc1. The molecule has 0 aliphatic heterocycles. The van der Waals surface area contributed by atoms with Gasteiger partial charge in [0.05, 0.1) is 5.56 Å². The number of hydrogen-bond donors (Lipinski definition) is 2. The highest BCUT2D eigenvalue weighted by molar-refractivity contribution is 5.72. The molecule has 0 aromatic heterocycles. The van der Waals surface area contributed by atoms with E-state index in [0.717, 1.165) is 12.1 Å². The third kappa shape index (κ3) is 4.76. The van der Waals surface area contributed by atoms with E-state index in [9.17, 15) is 18.0 Å². The van der Waals surface area contributed by atoms with Crippen molar-refractivity contribution in [3.8, 4) is 0 Å². The zero-order chi connectivity index (χ0) is 12.9. The summed E-state index contributed by atoms with van der Waals surface area (Å²) in [6.45, 7) is 2.29. The van der Waals surface area contributed by atoms with Gasteiger partial charge < -0.3 is 10.6 Å². The van der Waals surface area contributed by atoms with Crippen LogP contribution in [0.2, 0.25) is 0 Å². The number of rotatable bonds is 4. The molecule has 0 atom stereocenters. The monoisotopic (exact) mass is 246 g/mol. The smallest absolute Gasteiger partial charge is 0.383 e. The van der Waals surface area contributed by atoms with Crippen molar-refractivity contribution < 1.29 is 18.0 Å². The zero-order valence-electron chi connectivity index (χ0n) is 9.27. The molecule has 0 bridgehead atoms. The van der Waals surface area contributed by atoms with Gasteiger partial charge in [-0.15, -0.1) is 0 Å². The Balaban J connectivity index is 2.43. The Morgan fingerprint density at radius 3 is 2.24 bits per heavy atom. The minimum Gasteiger partial charge on any atom is -0.383 e. The van der Waals surface area contributed by atoms with Crippen molar-refractivity contribution in [3.63, 3.8) is 0 Å². The Morgan fingerprint density at radius 1 is 1.18 bits per heavy atom. The number of anilines is 1. The summed E-state index contributed by atoms with van der Waals surface area (Å²) in [6, 6.07) is 4.74. The van der Waals surface area contributed by atoms with Gasteiger partial charge in [0, 0.05) is 25.7 Å². The average molecular weight is 246 g/mol. The number of carbonyl (C=O) groups is 1. The second-order valence-electron chi connectivity index (χ2n) is 3.48. The van der Waals surface area contributed by atoms with Gasteiger partial charge >= 0.3 is 6.18 Å². The summed E-state index contributed by atoms with van der Waals surface area (Å²) in [5, 5.41) is 5.47. The van der Waals surface area contributed by atoms with E-state index in [4.69, 9.17) is 0 Å². The van der Waals surface area contributed by atoms with E-state index in [-0.39, 0.29) is 5.91 Å². The van der Waals surface area contributed by atoms with Crippen LogP contribution in [-0.4, -0.2) is 19.0 Å². The summed E-state index contributed by atoms with van der Waals surface area (Å²) in [5.74, 6) is -0.140. The van der Waals surface area contributed by atoms with Gasteiger partial charge in [0.15, 0.2) is 0 Å². The summed E-state index contributed by atoms with van der Waals surface area (Å²) in [7, 11) is 0. The molecule has 94 valence electrons. The molecule has 1 aromatic carbocycles. The molecule has 6 heteroatoms. The maximum atomic E-state index is 12.2. The van der Waals surface area contributed by atoms with E-state index in [1.807, 2.05) is 0 Å². The zero-order valence-corrected chi connectivity index (χ0v) is 9.27. The van der Waals surface area contributed by atoms with Crippen molar-refractivity contribution in [1.29, 1.82) is 0 Å². The van der Waals surface area contributed by atoms with Gasteiger partial charge in [0.25, 0.3) is 0 Å². The van der Waals surface area contributed by atoms with Crippen molar-refractivity contribution in [3.05, 3.63) is 29.8 Å². The van der Waals surface area contributed by atoms with Crippen LogP contribution in [0.3, 0.4) is 0 Å². The van der Waals surface area contributed by atoms with E-state index >= 15 is 0 Å². The summed E-state index contributed by atoms with van der Waals surface area (Å²) < 4.78 is 36.7. The van der Waals surface area contributed by atoms with E-state index < -0.39 is 11.7 Å². The van der Waals surface area contributed by atoms with Crippen LogP contribution in [0.5, 0.6) is 0 Å². The number of hydrogen-bond acceptors (Lipinski definition) is 2. The van der Waals surface area contributed by atoms with E-state index in [1.165, 1.54) is 19.1 Å². The molecule has 17 heavy (non-hydrogen) atoms. The third-order valence-corrected chi connectivity index (χ3v) is 2.04. The number of amides is 1. The first kappa shape index (κ1) is 13.3. The lowest BCUT2D eigenvalue weighted by molar-refractivity contribution is -0.137. The molecule has 0 fully saturated rings. The Kier molecular flexibility index (Phi) is 4.37. The number of alkyl halides is 3. The largest absolute Gasteiger partial charge is 0.416 e. The van der Waals surface area contributed by atoms with Crippen LogP contribution in [0.25, 0.3) is 0 Å². The molecular formula is C11H13F3N2O. The van der Waals surface area contributed by atoms with Gasteiger partial charge in [-0.05, 0) is 24.3 Å². The molecule has 0 aliphatic carbocycles. The van der Waals surface area contributed by atoms with Crippen LogP contribution in [-0.2, 0) is 11.0 Å². The molecule has 0 heterocycles. The Hall–Kier alpha value is -1.72. The predicted octanol–water partition coefficient (Wildman–Crippen LogP) is 2.25. The van der Waals surface area contributed by atoms with Gasteiger partial charge in [-0.2, -0.15) is 13.2 Å². The topological polar surface area (TPSA) is 41.1 Å². The molecule has 0 spiro atoms. The predicted molar refractivity (Wildman–Crippen MR) is 58.6 cm³/mol. The number of carbonyl (C=O) groups excluding carboxylic acids is 1. The molecule has 1 amide bonds. The summed E-state index contributed by atoms with van der Waals surface area (Å²) in [4.78, 5) is 10.5. The molecule has 1 rings (SSSR count). The van der Waals surface area contributed by atoms with Crippen LogP contribution in [0.15, 0.2) is 24.3 Å². The lowest BCUT2D eigenvalue weighted by Gasteiger charge is -2.09. The fraction of sp³-hybridized carbons (Fsp3) is 0.364. The number of benzene rings is 1. The van der Waals surface area contributed by atoms with Crippen LogP contribution < -0.4 is 10.6 Å². The first-order valence-electron chi connectivity index (χ1n) is 5.05. The maximum absolute atomic E-state index is 12.2. The molecule has 0 radical (unpaired) electrons. The van der Waals surface area contributed by atoms with E-state index in [2.05, 4.69) is 10.6 Å². The molecule has 0 saturated heterocycles. The highest BCUT2D eigenvalue weighted by Crippen LogP contribution is 2.29. The quantitative estimate of drug-likeness (QED) is 0.800. The van der Waals surface area contributed by atoms with Crippen molar-refractivity contribution in [1.82, 2.24) is 5.32 Å². The minimum absolute atomic E-state index is 0.140. The van der Waals surface area contributed by atoms with E-state index in [0.29, 0.717) is 18.8 Å². The Bertz CT molecular complexity index is 373. The van der Waals surface area contributed by atoms with Gasteiger partial charge in [-0.3, -0.25) is 4.79 Å². The maximum Gasteiger partial charge on any atom is 0.416 e. The van der Waals surface area contributed by atoms with Gasteiger partial charge in [0.1, 0.15) is 0 Å². The lowest BCUT2D eigenvalue weighted by atomic mass is 10.2. The van der Waals surface area contributed by atoms with Crippen LogP contribution in [0.4, 0.5) is 18.9 Å². The summed E-state index contributed by atoms with van der Waals surface area (Å²) in [5.41, 5.74) is -0.0896. The molecule has 3 nitrogen and oxygen atoms in total. The standard InChI is InChI=1S/C11H13F3N2O/c1-8(17)15-6-7-16-10-4-2-9(3-5-10)11(12,13)14/h2-5,16H,6-7H2,1H3,(H,15,17). The van der Waals surface area contributed by atoms with Crippen LogP contribution in [0, 0.1) is 0 Å². The molecular weight excluding hydrogens is 233 g/mol. The normalized spacial score (nSPS) is 11.1. The molecule has 0 aliphatic rings. The lowest BCUT2D eigenvalue weighted by Crippen LogP contribution is -2.26. The Labute approximate surface area is 97.0 Å². The molecule has 0 unspecified atom stereocenters. The highest BCUT2D eigenvalue weighted by atomic mass is 19.4. The summed E-state index contributed by atoms with van der Waals surface area (Å²) in [6.07, 6.45) is -4.31. The third-order valence-electron chi connectivity index (χ3n) is 2.04. The van der Waals surface area contributed by atoms with Gasteiger partial charge in [-0.1, -0.05) is 0 Å². The first-order valence-corrected chi connectivity index (χ1v) is 5.05. The Morgan fingerprint density at radius 2 is 1.76 bits per heavy atom. The van der Waals surface area contributed by atoms with Gasteiger partial charge in [-0.25, -0.2) is 0 Å². The number of halogens is 3. The second-order valence-corrected chi connectivity index (χ2v) is 3.48. The fourth-order valence-corrected chi connectivity index (χ4v) is 1.22. The van der Waals surface area contributed by atoms with Gasteiger partial charge in [0.2, 0.25) is 5.91 Å². The highest BCUT2D eigenvalue weighted by Gasteiger charge is 2.29. The number of nitrogens with one attached hydrogen (secondary N) is 2. The second kappa shape index (κ2) is 5.56. The minimum atomic E-state index is -4.31. The van der Waals surface area contributed by atoms with Crippen molar-refractivity contribution in [2.45, 2.75) is 13.1 Å². The van der Waals surface area contributed by atoms with Crippen LogP contribution in [0.1, 0.15) is 12.5 Å². The average Bonchev–Trinajstić information content (AvgIpc) is 2.23. The van der Waals surface area contributed by atoms with Crippen molar-refractivity contribution in [2.75, 3.05) is 18.4 Å². The fourth-order valence-electron chi connectivity index (χ4n) is 1.22. The molecule has 0 saturated carbocycles. The van der Waals surface area contributed by atoms with Crippen molar-refractivity contribution in [2.24, 2.45) is 0 Å². The summed E-state index contributed by atoms with van der Waals surface area (Å²) >= 11 is 0. The van der Waals surface area contributed by atoms with E-state index in [1.54, 1.807) is 0 Å². The first-order chi connectivity index (χ1) is 7.89. The van der Waals surface area contributed by atoms with Crippen LogP contribution >= 0.6 is 0 Å². The van der Waals surface area contributed by atoms with Crippen molar-refractivity contribution >= 4 is 11.6 Å². The molecule has 1 aromatic rings. The molecule has 2 N–H and O–H groups in total.